The summed E-state index contributed by atoms with van der Waals surface area (Å²) < 4.78 is 10.5. The second-order valence-corrected chi connectivity index (χ2v) is 7.37. The van der Waals surface area contributed by atoms with Crippen LogP contribution in [0.2, 0.25) is 0 Å². The van der Waals surface area contributed by atoms with Crippen LogP contribution in [0.4, 0.5) is 9.59 Å². The van der Waals surface area contributed by atoms with Gasteiger partial charge in [-0.1, -0.05) is 30.3 Å². The van der Waals surface area contributed by atoms with Crippen molar-refractivity contribution in [2.45, 2.75) is 51.5 Å². The van der Waals surface area contributed by atoms with Crippen molar-refractivity contribution in [3.63, 3.8) is 0 Å². The Hall–Kier alpha value is -3.19. The first kappa shape index (κ1) is 21.1. The highest BCUT2D eigenvalue weighted by Crippen LogP contribution is 2.22. The van der Waals surface area contributed by atoms with Crippen molar-refractivity contribution in [1.29, 1.82) is 0 Å². The first-order chi connectivity index (χ1) is 13.2. The number of benzene rings is 1. The van der Waals surface area contributed by atoms with Crippen molar-refractivity contribution in [2.75, 3.05) is 6.54 Å². The Balaban J connectivity index is 2.05. The fraction of sp³-hybridized carbons (Fsp3) is 0.474. The molecule has 0 aliphatic carbocycles. The molecule has 0 saturated carbocycles. The summed E-state index contributed by atoms with van der Waals surface area (Å²) in [4.78, 5) is 40.9. The van der Waals surface area contributed by atoms with E-state index in [-0.39, 0.29) is 13.2 Å². The van der Waals surface area contributed by atoms with Crippen LogP contribution < -0.4 is 5.32 Å². The highest BCUT2D eigenvalue weighted by atomic mass is 16.6. The average Bonchev–Trinajstić information content (AvgIpc) is 3.03. The maximum atomic E-state index is 12.4. The predicted molar refractivity (Wildman–Crippen MR) is 99.6 cm³/mol. The van der Waals surface area contributed by atoms with Crippen LogP contribution in [0.3, 0.4) is 0 Å². The molecule has 1 fully saturated rings. The van der Waals surface area contributed by atoms with Crippen LogP contribution in [0, 0.1) is 0 Å². The summed E-state index contributed by atoms with van der Waals surface area (Å²) in [7, 11) is 0. The number of rotatable bonds is 5. The molecule has 2 amide bonds. The van der Waals surface area contributed by atoms with E-state index in [1.54, 1.807) is 20.8 Å². The van der Waals surface area contributed by atoms with Crippen molar-refractivity contribution >= 4 is 24.2 Å². The Kier molecular flexibility index (Phi) is 6.89. The van der Waals surface area contributed by atoms with Gasteiger partial charge in [-0.3, -0.25) is 9.69 Å². The summed E-state index contributed by atoms with van der Waals surface area (Å²) in [5.41, 5.74) is 8.77. The van der Waals surface area contributed by atoms with E-state index in [0.29, 0.717) is 12.6 Å². The lowest BCUT2D eigenvalue weighted by Crippen LogP contribution is -2.52. The van der Waals surface area contributed by atoms with Crippen LogP contribution in [0.5, 0.6) is 0 Å². The normalized spacial score (nSPS) is 18.8. The fourth-order valence-corrected chi connectivity index (χ4v) is 2.87. The molecule has 2 rings (SSSR count). The van der Waals surface area contributed by atoms with Crippen LogP contribution in [0.1, 0.15) is 32.8 Å². The van der Waals surface area contributed by atoms with Gasteiger partial charge in [-0.05, 0) is 32.8 Å². The lowest BCUT2D eigenvalue weighted by atomic mass is 10.1. The van der Waals surface area contributed by atoms with Gasteiger partial charge >= 0.3 is 18.4 Å². The highest BCUT2D eigenvalue weighted by Gasteiger charge is 2.45. The number of Topliss-reactive ketones (excluding diaryl/α,β-unsaturated/α-hetero) is 1. The smallest absolute Gasteiger partial charge is 0.410 e. The molecule has 28 heavy (non-hydrogen) atoms. The molecular formula is C19H24N4O5. The minimum Gasteiger partial charge on any atom is -0.445 e. The number of ketones is 1. The number of hydrogen-bond acceptors (Lipinski definition) is 5. The van der Waals surface area contributed by atoms with Gasteiger partial charge in [0.25, 0.3) is 5.78 Å². The van der Waals surface area contributed by atoms with Crippen LogP contribution >= 0.6 is 0 Å². The van der Waals surface area contributed by atoms with Crippen molar-refractivity contribution in [3.8, 4) is 0 Å². The van der Waals surface area contributed by atoms with Gasteiger partial charge in [-0.25, -0.2) is 9.59 Å². The topological polar surface area (TPSA) is 121 Å². The maximum absolute atomic E-state index is 12.4. The van der Waals surface area contributed by atoms with E-state index in [2.05, 4.69) is 10.1 Å². The molecule has 0 bridgehead atoms. The summed E-state index contributed by atoms with van der Waals surface area (Å²) in [5, 5.41) is 2.61. The van der Waals surface area contributed by atoms with Crippen LogP contribution in [-0.4, -0.2) is 58.1 Å². The van der Waals surface area contributed by atoms with Crippen LogP contribution in [0.15, 0.2) is 30.3 Å². The summed E-state index contributed by atoms with van der Waals surface area (Å²) >= 11 is 0. The number of alkyl carbamates (subject to hydrolysis) is 1. The summed E-state index contributed by atoms with van der Waals surface area (Å²) in [6.07, 6.45) is -0.357. The van der Waals surface area contributed by atoms with Gasteiger partial charge in [0.2, 0.25) is 0 Å². The lowest BCUT2D eigenvalue weighted by Gasteiger charge is -2.28. The molecule has 9 heteroatoms. The molecule has 1 aromatic rings. The van der Waals surface area contributed by atoms with Gasteiger partial charge in [0, 0.05) is 6.54 Å². The third-order valence-electron chi connectivity index (χ3n) is 4.02. The zero-order valence-electron chi connectivity index (χ0n) is 16.1. The molecule has 1 aliphatic rings. The SMILES string of the molecule is CC(C)(C)OC(=O)N1CC[C@@H](NC(=O)OCc2ccccc2)[C@H]1C(=O)C=[N+]=[N-]. The second-order valence-electron chi connectivity index (χ2n) is 7.37. The number of ether oxygens (including phenoxy) is 2. The van der Waals surface area contributed by atoms with E-state index in [1.165, 1.54) is 4.90 Å². The number of likely N-dealkylation sites (tertiary alicyclic amines) is 1. The van der Waals surface area contributed by atoms with Gasteiger partial charge < -0.3 is 20.3 Å². The highest BCUT2D eigenvalue weighted by molar-refractivity contribution is 6.28. The first-order valence-electron chi connectivity index (χ1n) is 8.89. The number of carbonyl (C=O) groups excluding carboxylic acids is 3. The van der Waals surface area contributed by atoms with Crippen molar-refractivity contribution in [3.05, 3.63) is 41.4 Å². The number of hydrogen-bond donors (Lipinski definition) is 1. The van der Waals surface area contributed by atoms with E-state index in [0.717, 1.165) is 5.56 Å². The molecule has 1 N–H and O–H groups in total. The monoisotopic (exact) mass is 388 g/mol. The quantitative estimate of drug-likeness (QED) is 0.471. The number of amides is 2. The minimum absolute atomic E-state index is 0.0753. The molecule has 150 valence electrons. The molecule has 1 aliphatic heterocycles. The second kappa shape index (κ2) is 9.14. The van der Waals surface area contributed by atoms with Gasteiger partial charge in [-0.2, -0.15) is 4.79 Å². The molecule has 0 spiro atoms. The molecule has 1 aromatic carbocycles. The Bertz CT molecular complexity index is 768. The van der Waals surface area contributed by atoms with E-state index in [1.807, 2.05) is 30.3 Å². The third-order valence-corrected chi connectivity index (χ3v) is 4.02. The van der Waals surface area contributed by atoms with Crippen molar-refractivity contribution < 1.29 is 28.6 Å². The van der Waals surface area contributed by atoms with Gasteiger partial charge in [-0.15, -0.1) is 0 Å². The first-order valence-corrected chi connectivity index (χ1v) is 8.89. The van der Waals surface area contributed by atoms with E-state index in [9.17, 15) is 14.4 Å². The zero-order valence-corrected chi connectivity index (χ0v) is 16.1. The Morgan fingerprint density at radius 3 is 2.57 bits per heavy atom. The van der Waals surface area contributed by atoms with Crippen molar-refractivity contribution in [2.24, 2.45) is 0 Å². The summed E-state index contributed by atoms with van der Waals surface area (Å²) in [6, 6.07) is 7.40. The minimum atomic E-state index is -1.05. The Labute approximate surface area is 163 Å². The molecule has 1 heterocycles. The third kappa shape index (κ3) is 5.92. The molecule has 2 atom stereocenters. The van der Waals surface area contributed by atoms with Gasteiger partial charge in [0.1, 0.15) is 18.2 Å². The molecule has 0 radical (unpaired) electrons. The predicted octanol–water partition coefficient (Wildman–Crippen LogP) is 2.16. The Morgan fingerprint density at radius 2 is 1.96 bits per heavy atom. The molecule has 0 aromatic heterocycles. The van der Waals surface area contributed by atoms with E-state index in [4.69, 9.17) is 15.0 Å². The zero-order chi connectivity index (χ0) is 20.7. The Morgan fingerprint density at radius 1 is 1.29 bits per heavy atom. The molecular weight excluding hydrogens is 364 g/mol. The van der Waals surface area contributed by atoms with Gasteiger partial charge in [0.05, 0.1) is 6.04 Å². The average molecular weight is 388 g/mol. The van der Waals surface area contributed by atoms with Crippen LogP contribution in [-0.2, 0) is 20.9 Å². The van der Waals surface area contributed by atoms with E-state index < -0.39 is 35.7 Å². The van der Waals surface area contributed by atoms with Crippen molar-refractivity contribution in [1.82, 2.24) is 10.2 Å². The maximum Gasteiger partial charge on any atom is 0.410 e. The standard InChI is InChI=1S/C19H24N4O5/c1-19(2,3)28-18(26)23-10-9-14(16(23)15(24)11-21-20)22-17(25)27-12-13-7-5-4-6-8-13/h4-8,11,14,16H,9-10,12H2,1-3H3,(H,22,25)/t14-,16+/m1/s1. The van der Waals surface area contributed by atoms with Gasteiger partial charge in [0.15, 0.2) is 0 Å². The fourth-order valence-electron chi connectivity index (χ4n) is 2.87. The molecule has 0 unspecified atom stereocenters. The summed E-state index contributed by atoms with van der Waals surface area (Å²) in [5.74, 6) is -0.626. The number of carbonyl (C=O) groups is 3. The van der Waals surface area contributed by atoms with E-state index >= 15 is 0 Å². The van der Waals surface area contributed by atoms with Crippen LogP contribution in [0.25, 0.3) is 5.53 Å². The largest absolute Gasteiger partial charge is 0.445 e. The number of nitrogens with one attached hydrogen (secondary N) is 1. The molecule has 1 saturated heterocycles. The lowest BCUT2D eigenvalue weighted by molar-refractivity contribution is -0.120. The molecule has 9 nitrogen and oxygen atoms in total. The summed E-state index contributed by atoms with van der Waals surface area (Å²) in [6.45, 7) is 5.41. The number of nitrogens with zero attached hydrogens (tertiary/aromatic N) is 3.